The van der Waals surface area contributed by atoms with Crippen molar-refractivity contribution < 1.29 is 14.3 Å². The summed E-state index contributed by atoms with van der Waals surface area (Å²) in [6.45, 7) is 4.19. The maximum Gasteiger partial charge on any atom is 0.315 e. The molecule has 2 N–H and O–H groups in total. The number of benzene rings is 1. The Morgan fingerprint density at radius 3 is 2.58 bits per heavy atom. The monoisotopic (exact) mass is 264 g/mol. The van der Waals surface area contributed by atoms with Gasteiger partial charge in [-0.05, 0) is 12.5 Å². The highest BCUT2D eigenvalue weighted by atomic mass is 16.7. The first-order chi connectivity index (χ1) is 9.18. The third kappa shape index (κ3) is 4.54. The van der Waals surface area contributed by atoms with Gasteiger partial charge in [0.15, 0.2) is 5.79 Å². The molecule has 0 saturated carbocycles. The smallest absolute Gasteiger partial charge is 0.315 e. The van der Waals surface area contributed by atoms with E-state index < -0.39 is 5.79 Å². The van der Waals surface area contributed by atoms with Crippen molar-refractivity contribution >= 4 is 6.03 Å². The minimum absolute atomic E-state index is 0.176. The Balaban J connectivity index is 1.62. The van der Waals surface area contributed by atoms with E-state index in [1.165, 1.54) is 0 Å². The number of rotatable bonds is 5. The number of urea groups is 1. The van der Waals surface area contributed by atoms with Gasteiger partial charge in [0.25, 0.3) is 0 Å². The first kappa shape index (κ1) is 13.8. The number of amides is 2. The topological polar surface area (TPSA) is 59.6 Å². The second-order valence-corrected chi connectivity index (χ2v) is 4.68. The van der Waals surface area contributed by atoms with Crippen LogP contribution in [0.5, 0.6) is 0 Å². The van der Waals surface area contributed by atoms with Crippen molar-refractivity contribution in [3.63, 3.8) is 0 Å². The van der Waals surface area contributed by atoms with Gasteiger partial charge in [0.05, 0.1) is 13.2 Å². The molecule has 0 aromatic heterocycles. The Hall–Kier alpha value is -1.59. The van der Waals surface area contributed by atoms with Crippen LogP contribution in [0.4, 0.5) is 4.79 Å². The van der Waals surface area contributed by atoms with Crippen LogP contribution in [0.15, 0.2) is 30.3 Å². The molecule has 1 aromatic rings. The Bertz CT molecular complexity index is 402. The molecule has 5 nitrogen and oxygen atoms in total. The predicted octanol–water partition coefficient (Wildman–Crippen LogP) is 1.64. The highest BCUT2D eigenvalue weighted by Crippen LogP contribution is 2.21. The summed E-state index contributed by atoms with van der Waals surface area (Å²) >= 11 is 0. The molecule has 0 radical (unpaired) electrons. The predicted molar refractivity (Wildman–Crippen MR) is 71.6 cm³/mol. The van der Waals surface area contributed by atoms with Crippen LogP contribution < -0.4 is 10.6 Å². The first-order valence-corrected chi connectivity index (χ1v) is 6.51. The maximum absolute atomic E-state index is 11.6. The summed E-state index contributed by atoms with van der Waals surface area (Å²) in [6.07, 6.45) is 0.645. The quantitative estimate of drug-likeness (QED) is 0.850. The van der Waals surface area contributed by atoms with E-state index >= 15 is 0 Å². The maximum atomic E-state index is 11.6. The zero-order chi connectivity index (χ0) is 13.6. The number of ether oxygens (including phenoxy) is 2. The Morgan fingerprint density at radius 2 is 1.89 bits per heavy atom. The molecule has 1 aliphatic rings. The van der Waals surface area contributed by atoms with Crippen molar-refractivity contribution in [3.05, 3.63) is 35.9 Å². The number of carbonyl (C=O) groups is 1. The van der Waals surface area contributed by atoms with Gasteiger partial charge >= 0.3 is 6.03 Å². The largest absolute Gasteiger partial charge is 0.348 e. The van der Waals surface area contributed by atoms with E-state index in [9.17, 15) is 4.79 Å². The van der Waals surface area contributed by atoms with E-state index in [1.54, 1.807) is 0 Å². The molecule has 0 unspecified atom stereocenters. The van der Waals surface area contributed by atoms with Gasteiger partial charge < -0.3 is 20.1 Å². The molecule has 0 atom stereocenters. The summed E-state index contributed by atoms with van der Waals surface area (Å²) in [6, 6.07) is 9.62. The van der Waals surface area contributed by atoms with Gasteiger partial charge in [-0.15, -0.1) is 0 Å². The molecule has 1 aromatic carbocycles. The zero-order valence-electron chi connectivity index (χ0n) is 11.1. The second kappa shape index (κ2) is 6.54. The molecule has 2 amide bonds. The standard InChI is InChI=1S/C14H20N2O3/c1-14(18-9-10-19-14)7-8-15-13(17)16-11-12-5-3-2-4-6-12/h2-6H,7-11H2,1H3,(H2,15,16,17). The average Bonchev–Trinajstić information content (AvgIpc) is 2.85. The minimum atomic E-state index is -0.549. The summed E-state index contributed by atoms with van der Waals surface area (Å²) in [5.74, 6) is -0.549. The number of hydrogen-bond donors (Lipinski definition) is 2. The van der Waals surface area contributed by atoms with Gasteiger partial charge in [0.2, 0.25) is 0 Å². The van der Waals surface area contributed by atoms with Crippen LogP contribution in [-0.4, -0.2) is 31.6 Å². The van der Waals surface area contributed by atoms with Gasteiger partial charge in [0.1, 0.15) is 0 Å². The van der Waals surface area contributed by atoms with Crippen molar-refractivity contribution in [1.82, 2.24) is 10.6 Å². The van der Waals surface area contributed by atoms with Crippen LogP contribution in [0, 0.1) is 0 Å². The van der Waals surface area contributed by atoms with E-state index in [0.717, 1.165) is 5.56 Å². The summed E-state index contributed by atoms with van der Waals surface area (Å²) in [7, 11) is 0. The van der Waals surface area contributed by atoms with Crippen LogP contribution in [-0.2, 0) is 16.0 Å². The fourth-order valence-corrected chi connectivity index (χ4v) is 1.94. The van der Waals surface area contributed by atoms with Gasteiger partial charge in [-0.2, -0.15) is 0 Å². The SMILES string of the molecule is CC1(CCNC(=O)NCc2ccccc2)OCCO1. The molecule has 2 rings (SSSR count). The average molecular weight is 264 g/mol. The van der Waals surface area contributed by atoms with E-state index in [-0.39, 0.29) is 6.03 Å². The minimum Gasteiger partial charge on any atom is -0.348 e. The van der Waals surface area contributed by atoms with Crippen LogP contribution in [0.25, 0.3) is 0 Å². The second-order valence-electron chi connectivity index (χ2n) is 4.68. The van der Waals surface area contributed by atoms with Gasteiger partial charge in [-0.25, -0.2) is 4.79 Å². The Kier molecular flexibility index (Phi) is 4.76. The lowest BCUT2D eigenvalue weighted by Gasteiger charge is -2.22. The summed E-state index contributed by atoms with van der Waals surface area (Å²) in [4.78, 5) is 11.6. The molecule has 1 heterocycles. The summed E-state index contributed by atoms with van der Waals surface area (Å²) < 4.78 is 10.9. The Morgan fingerprint density at radius 1 is 1.21 bits per heavy atom. The van der Waals surface area contributed by atoms with Crippen LogP contribution >= 0.6 is 0 Å². The first-order valence-electron chi connectivity index (χ1n) is 6.51. The molecule has 19 heavy (non-hydrogen) atoms. The fourth-order valence-electron chi connectivity index (χ4n) is 1.94. The molecule has 0 bridgehead atoms. The summed E-state index contributed by atoms with van der Waals surface area (Å²) in [5, 5.41) is 5.60. The van der Waals surface area contributed by atoms with Gasteiger partial charge in [-0.1, -0.05) is 30.3 Å². The van der Waals surface area contributed by atoms with Crippen LogP contribution in [0.3, 0.4) is 0 Å². The molecule has 104 valence electrons. The van der Waals surface area contributed by atoms with Crippen LogP contribution in [0.1, 0.15) is 18.9 Å². The molecule has 0 aliphatic carbocycles. The number of carbonyl (C=O) groups excluding carboxylic acids is 1. The third-order valence-corrected chi connectivity index (χ3v) is 3.06. The lowest BCUT2D eigenvalue weighted by Crippen LogP contribution is -2.39. The molecule has 5 heteroatoms. The highest BCUT2D eigenvalue weighted by Gasteiger charge is 2.30. The normalized spacial score (nSPS) is 17.1. The molecule has 1 saturated heterocycles. The molecular formula is C14H20N2O3. The Labute approximate surface area is 113 Å². The van der Waals surface area contributed by atoms with E-state index in [1.807, 2.05) is 37.3 Å². The van der Waals surface area contributed by atoms with Crippen molar-refractivity contribution in [2.75, 3.05) is 19.8 Å². The zero-order valence-corrected chi connectivity index (χ0v) is 11.1. The molecule has 0 spiro atoms. The molecule has 1 aliphatic heterocycles. The van der Waals surface area contributed by atoms with Crippen molar-refractivity contribution in [2.24, 2.45) is 0 Å². The lowest BCUT2D eigenvalue weighted by atomic mass is 10.2. The lowest BCUT2D eigenvalue weighted by molar-refractivity contribution is -0.145. The highest BCUT2D eigenvalue weighted by molar-refractivity contribution is 5.73. The van der Waals surface area contributed by atoms with Gasteiger partial charge in [-0.3, -0.25) is 0 Å². The van der Waals surface area contributed by atoms with Crippen molar-refractivity contribution in [3.8, 4) is 0 Å². The number of hydrogen-bond acceptors (Lipinski definition) is 3. The van der Waals surface area contributed by atoms with E-state index in [2.05, 4.69) is 10.6 Å². The number of nitrogens with one attached hydrogen (secondary N) is 2. The van der Waals surface area contributed by atoms with Crippen LogP contribution in [0.2, 0.25) is 0 Å². The van der Waals surface area contributed by atoms with E-state index in [4.69, 9.17) is 9.47 Å². The van der Waals surface area contributed by atoms with Crippen molar-refractivity contribution in [2.45, 2.75) is 25.7 Å². The molecular weight excluding hydrogens is 244 g/mol. The van der Waals surface area contributed by atoms with E-state index in [0.29, 0.717) is 32.7 Å². The van der Waals surface area contributed by atoms with Gasteiger partial charge in [0, 0.05) is 19.5 Å². The van der Waals surface area contributed by atoms with Crippen molar-refractivity contribution in [1.29, 1.82) is 0 Å². The fraction of sp³-hybridized carbons (Fsp3) is 0.500. The third-order valence-electron chi connectivity index (χ3n) is 3.06. The molecule has 1 fully saturated rings. The summed E-state index contributed by atoms with van der Waals surface area (Å²) in [5.41, 5.74) is 1.08.